The maximum Gasteiger partial charge on any atom is 0.120 e. The van der Waals surface area contributed by atoms with Crippen molar-refractivity contribution < 1.29 is 0 Å². The fourth-order valence-electron chi connectivity index (χ4n) is 5.64. The summed E-state index contributed by atoms with van der Waals surface area (Å²) >= 11 is 0. The fraction of sp³-hybridized carbons (Fsp3) is 0. The quantitative estimate of drug-likeness (QED) is 0.266. The van der Waals surface area contributed by atoms with Crippen LogP contribution in [0.3, 0.4) is 0 Å². The van der Waals surface area contributed by atoms with Crippen molar-refractivity contribution in [3.63, 3.8) is 0 Å². The van der Waals surface area contributed by atoms with Crippen LogP contribution in [0.2, 0.25) is 0 Å². The molecule has 182 valence electrons. The second-order valence-electron chi connectivity index (χ2n) is 9.67. The number of rotatable bonds is 3. The van der Waals surface area contributed by atoms with Crippen LogP contribution in [0.15, 0.2) is 122 Å². The van der Waals surface area contributed by atoms with Gasteiger partial charge in [-0.25, -0.2) is 4.98 Å². The van der Waals surface area contributed by atoms with E-state index < -0.39 is 0 Å². The predicted octanol–water partition coefficient (Wildman–Crippen LogP) is 8.21. The molecule has 0 aliphatic heterocycles. The topological polar surface area (TPSA) is 67.3 Å². The Labute approximate surface area is 223 Å². The zero-order chi connectivity index (χ0) is 25.8. The lowest BCUT2D eigenvalue weighted by Gasteiger charge is -2.16. The third kappa shape index (κ3) is 3.41. The second-order valence-corrected chi connectivity index (χ2v) is 9.67. The first-order chi connectivity index (χ1) is 19.3. The second kappa shape index (κ2) is 8.57. The Morgan fingerprint density at radius 2 is 1.36 bits per heavy atom. The molecule has 0 unspecified atom stereocenters. The number of hydrogen-bond acceptors (Lipinski definition) is 4. The molecule has 0 fully saturated rings. The van der Waals surface area contributed by atoms with Crippen molar-refractivity contribution in [2.75, 3.05) is 0 Å². The molecular weight excluding hydrogens is 478 g/mol. The van der Waals surface area contributed by atoms with E-state index >= 15 is 0 Å². The van der Waals surface area contributed by atoms with Crippen molar-refractivity contribution in [2.45, 2.75) is 0 Å². The highest BCUT2D eigenvalue weighted by Gasteiger charge is 2.21. The standard InChI is InChI=1S/C34H21N5/c1-4-10-25-21(7-1)17-18-35-33(25)34-30-24(20-37-39-34)13-15-27(32-26-11-5-2-9-23(26)19-36-32)31(30)29-16-14-22-8-3-6-12-28(22)38-29/h1-20,36H. The van der Waals surface area contributed by atoms with Gasteiger partial charge in [0.05, 0.1) is 28.8 Å². The normalized spacial score (nSPS) is 11.6. The molecule has 0 bridgehead atoms. The number of benzene rings is 4. The van der Waals surface area contributed by atoms with E-state index in [0.717, 1.165) is 77.1 Å². The predicted molar refractivity (Wildman–Crippen MR) is 158 cm³/mol. The van der Waals surface area contributed by atoms with Crippen LogP contribution in [0.5, 0.6) is 0 Å². The zero-order valence-electron chi connectivity index (χ0n) is 20.8. The third-order valence-corrected chi connectivity index (χ3v) is 7.45. The van der Waals surface area contributed by atoms with Crippen molar-refractivity contribution in [1.29, 1.82) is 0 Å². The summed E-state index contributed by atoms with van der Waals surface area (Å²) in [6, 6.07) is 35.4. The molecule has 0 saturated heterocycles. The maximum absolute atomic E-state index is 5.16. The number of H-pyrrole nitrogens is 1. The maximum atomic E-state index is 5.16. The largest absolute Gasteiger partial charge is 0.360 e. The van der Waals surface area contributed by atoms with Crippen LogP contribution in [0.1, 0.15) is 0 Å². The first-order valence-corrected chi connectivity index (χ1v) is 12.9. The van der Waals surface area contributed by atoms with Crippen molar-refractivity contribution >= 4 is 43.2 Å². The SMILES string of the molecule is c1ccc2nc(-c3c(-c4[nH]cc5ccccc45)ccc4cnnc(-c5nccc6ccccc56)c34)ccc2c1. The Morgan fingerprint density at radius 3 is 2.28 bits per heavy atom. The van der Waals surface area contributed by atoms with Gasteiger partial charge in [-0.1, -0.05) is 84.9 Å². The molecule has 0 saturated carbocycles. The zero-order valence-corrected chi connectivity index (χ0v) is 20.8. The Hall–Kier alpha value is -5.42. The van der Waals surface area contributed by atoms with Crippen LogP contribution in [0, 0.1) is 0 Å². The molecule has 1 N–H and O–H groups in total. The lowest BCUT2D eigenvalue weighted by molar-refractivity contribution is 1.05. The van der Waals surface area contributed by atoms with Crippen molar-refractivity contribution in [3.8, 4) is 33.9 Å². The van der Waals surface area contributed by atoms with Gasteiger partial charge in [-0.2, -0.15) is 5.10 Å². The number of pyridine rings is 2. The molecule has 0 aliphatic carbocycles. The molecule has 0 atom stereocenters. The van der Waals surface area contributed by atoms with E-state index in [0.29, 0.717) is 0 Å². The lowest BCUT2D eigenvalue weighted by atomic mass is 9.91. The van der Waals surface area contributed by atoms with Crippen molar-refractivity contribution in [3.05, 3.63) is 122 Å². The van der Waals surface area contributed by atoms with E-state index in [2.05, 4.69) is 89.1 Å². The number of nitrogens with one attached hydrogen (secondary N) is 1. The van der Waals surface area contributed by atoms with Gasteiger partial charge < -0.3 is 4.98 Å². The molecule has 4 aromatic carbocycles. The van der Waals surface area contributed by atoms with Gasteiger partial charge in [-0.3, -0.25) is 4.98 Å². The van der Waals surface area contributed by atoms with Gasteiger partial charge >= 0.3 is 0 Å². The molecular formula is C34H21N5. The van der Waals surface area contributed by atoms with Gasteiger partial charge in [0.2, 0.25) is 0 Å². The van der Waals surface area contributed by atoms with Gasteiger partial charge in [-0.15, -0.1) is 5.10 Å². The lowest BCUT2D eigenvalue weighted by Crippen LogP contribution is -1.98. The van der Waals surface area contributed by atoms with E-state index in [1.807, 2.05) is 42.7 Å². The van der Waals surface area contributed by atoms with Crippen LogP contribution in [0.4, 0.5) is 0 Å². The number of para-hydroxylation sites is 1. The number of hydrogen-bond donors (Lipinski definition) is 1. The molecule has 0 aliphatic rings. The first kappa shape index (κ1) is 21.6. The molecule has 4 heterocycles. The summed E-state index contributed by atoms with van der Waals surface area (Å²) in [4.78, 5) is 13.5. The van der Waals surface area contributed by atoms with Gasteiger partial charge in [0, 0.05) is 50.5 Å². The van der Waals surface area contributed by atoms with E-state index in [4.69, 9.17) is 15.1 Å². The Bertz CT molecular complexity index is 2190. The molecule has 0 spiro atoms. The van der Waals surface area contributed by atoms with Gasteiger partial charge in [0.15, 0.2) is 0 Å². The summed E-state index contributed by atoms with van der Waals surface area (Å²) in [5.41, 5.74) is 6.48. The summed E-state index contributed by atoms with van der Waals surface area (Å²) in [7, 11) is 0. The van der Waals surface area contributed by atoms with Crippen molar-refractivity contribution in [2.24, 2.45) is 0 Å². The van der Waals surface area contributed by atoms with Crippen LogP contribution >= 0.6 is 0 Å². The third-order valence-electron chi connectivity index (χ3n) is 7.45. The summed E-state index contributed by atoms with van der Waals surface area (Å²) in [5.74, 6) is 0. The summed E-state index contributed by atoms with van der Waals surface area (Å²) in [6.07, 6.45) is 5.73. The number of aromatic amines is 1. The van der Waals surface area contributed by atoms with Crippen LogP contribution in [-0.4, -0.2) is 25.1 Å². The summed E-state index contributed by atoms with van der Waals surface area (Å²) in [6.45, 7) is 0. The molecule has 8 aromatic rings. The molecule has 4 aromatic heterocycles. The summed E-state index contributed by atoms with van der Waals surface area (Å²) < 4.78 is 0. The Kier molecular flexibility index (Phi) is 4.76. The van der Waals surface area contributed by atoms with Gasteiger partial charge in [-0.05, 0) is 29.0 Å². The van der Waals surface area contributed by atoms with E-state index in [1.54, 1.807) is 0 Å². The average Bonchev–Trinajstić information content (AvgIpc) is 3.44. The average molecular weight is 500 g/mol. The number of fused-ring (bicyclic) bond motifs is 4. The molecule has 8 rings (SSSR count). The first-order valence-electron chi connectivity index (χ1n) is 12.9. The summed E-state index contributed by atoms with van der Waals surface area (Å²) in [5, 5.41) is 16.6. The molecule has 5 nitrogen and oxygen atoms in total. The monoisotopic (exact) mass is 499 g/mol. The highest BCUT2D eigenvalue weighted by atomic mass is 15.1. The highest BCUT2D eigenvalue weighted by molar-refractivity contribution is 6.13. The van der Waals surface area contributed by atoms with Gasteiger partial charge in [0.25, 0.3) is 0 Å². The minimum absolute atomic E-state index is 0.743. The van der Waals surface area contributed by atoms with E-state index in [-0.39, 0.29) is 0 Å². The number of aromatic nitrogens is 5. The Morgan fingerprint density at radius 1 is 0.590 bits per heavy atom. The van der Waals surface area contributed by atoms with Gasteiger partial charge in [0.1, 0.15) is 5.69 Å². The fourth-order valence-corrected chi connectivity index (χ4v) is 5.64. The number of nitrogens with zero attached hydrogens (tertiary/aromatic N) is 4. The highest BCUT2D eigenvalue weighted by Crippen LogP contribution is 2.43. The molecule has 39 heavy (non-hydrogen) atoms. The molecule has 0 radical (unpaired) electrons. The minimum atomic E-state index is 0.743. The van der Waals surface area contributed by atoms with Crippen LogP contribution < -0.4 is 0 Å². The molecule has 0 amide bonds. The van der Waals surface area contributed by atoms with Crippen LogP contribution in [0.25, 0.3) is 77.1 Å². The minimum Gasteiger partial charge on any atom is -0.360 e. The molecule has 5 heteroatoms. The van der Waals surface area contributed by atoms with Crippen LogP contribution in [-0.2, 0) is 0 Å². The Balaban J connectivity index is 1.53. The van der Waals surface area contributed by atoms with Crippen molar-refractivity contribution in [1.82, 2.24) is 25.1 Å². The van der Waals surface area contributed by atoms with E-state index in [1.165, 1.54) is 0 Å². The van der Waals surface area contributed by atoms with E-state index in [9.17, 15) is 0 Å². The smallest absolute Gasteiger partial charge is 0.120 e.